The number of methoxy groups -OCH3 is 2. The van der Waals surface area contributed by atoms with E-state index in [0.717, 1.165) is 33.1 Å². The maximum absolute atomic E-state index is 12.3. The fourth-order valence-corrected chi connectivity index (χ4v) is 3.81. The lowest BCUT2D eigenvalue weighted by atomic mass is 10.2. The average molecular weight is 408 g/mol. The van der Waals surface area contributed by atoms with Gasteiger partial charge < -0.3 is 19.8 Å². The Hall–Kier alpha value is -3.39. The third-order valence-corrected chi connectivity index (χ3v) is 5.36. The molecule has 8 heteroatoms. The summed E-state index contributed by atoms with van der Waals surface area (Å²) >= 11 is 1.49. The number of rotatable bonds is 7. The molecule has 0 atom stereocenters. The third kappa shape index (κ3) is 4.22. The number of fused-ring (bicyclic) bond motifs is 1. The number of imidazole rings is 1. The first kappa shape index (κ1) is 18.9. The standard InChI is InChI=1S/C21H20N4O3S/c1-27-17-8-7-13(9-18(17)28-2)21-23-14(12-29-21)10-20(26)22-11-19-24-15-5-3-4-6-16(15)25-19/h3-9,12H,10-11H2,1-2H3,(H,22,26)(H,24,25). The maximum Gasteiger partial charge on any atom is 0.226 e. The number of carbonyl (C=O) groups is 1. The first-order valence-corrected chi connectivity index (χ1v) is 9.91. The minimum absolute atomic E-state index is 0.102. The molecular weight excluding hydrogens is 388 g/mol. The third-order valence-electron chi connectivity index (χ3n) is 4.42. The summed E-state index contributed by atoms with van der Waals surface area (Å²) < 4.78 is 10.6. The molecule has 0 saturated heterocycles. The normalized spacial score (nSPS) is 10.8. The number of thiazole rings is 1. The molecule has 0 fully saturated rings. The Balaban J connectivity index is 1.39. The number of hydrogen-bond donors (Lipinski definition) is 2. The molecule has 1 amide bonds. The fourth-order valence-electron chi connectivity index (χ4n) is 2.99. The van der Waals surface area contributed by atoms with Gasteiger partial charge in [0.05, 0.1) is 43.9 Å². The molecule has 29 heavy (non-hydrogen) atoms. The number of para-hydroxylation sites is 2. The van der Waals surface area contributed by atoms with E-state index in [1.54, 1.807) is 14.2 Å². The summed E-state index contributed by atoms with van der Waals surface area (Å²) in [4.78, 5) is 24.5. The zero-order valence-corrected chi connectivity index (χ0v) is 16.9. The molecule has 0 aliphatic carbocycles. The number of hydrogen-bond acceptors (Lipinski definition) is 6. The molecule has 2 aromatic carbocycles. The summed E-state index contributed by atoms with van der Waals surface area (Å²) in [7, 11) is 3.20. The van der Waals surface area contributed by atoms with Gasteiger partial charge >= 0.3 is 0 Å². The first-order valence-electron chi connectivity index (χ1n) is 9.03. The molecule has 4 rings (SSSR count). The van der Waals surface area contributed by atoms with Crippen molar-refractivity contribution in [3.05, 3.63) is 59.4 Å². The number of benzene rings is 2. The van der Waals surface area contributed by atoms with Crippen molar-refractivity contribution in [2.45, 2.75) is 13.0 Å². The van der Waals surface area contributed by atoms with Gasteiger partial charge in [-0.05, 0) is 30.3 Å². The molecule has 0 saturated carbocycles. The number of nitrogens with zero attached hydrogens (tertiary/aromatic N) is 2. The van der Waals surface area contributed by atoms with E-state index >= 15 is 0 Å². The van der Waals surface area contributed by atoms with Crippen LogP contribution < -0.4 is 14.8 Å². The van der Waals surface area contributed by atoms with E-state index in [1.807, 2.05) is 47.8 Å². The monoisotopic (exact) mass is 408 g/mol. The topological polar surface area (TPSA) is 89.1 Å². The van der Waals surface area contributed by atoms with E-state index in [2.05, 4.69) is 20.3 Å². The van der Waals surface area contributed by atoms with E-state index in [4.69, 9.17) is 9.47 Å². The smallest absolute Gasteiger partial charge is 0.226 e. The molecule has 0 radical (unpaired) electrons. The van der Waals surface area contributed by atoms with Crippen molar-refractivity contribution in [2.24, 2.45) is 0 Å². The Bertz CT molecular complexity index is 1120. The Kier molecular flexibility index (Phi) is 5.44. The van der Waals surface area contributed by atoms with Crippen LogP contribution in [0.4, 0.5) is 0 Å². The van der Waals surface area contributed by atoms with Crippen LogP contribution in [0.1, 0.15) is 11.5 Å². The first-order chi connectivity index (χ1) is 14.2. The van der Waals surface area contributed by atoms with Crippen LogP contribution in [0.5, 0.6) is 11.5 Å². The number of aromatic amines is 1. The van der Waals surface area contributed by atoms with Crippen LogP contribution in [-0.2, 0) is 17.8 Å². The van der Waals surface area contributed by atoms with Gasteiger partial charge in [-0.3, -0.25) is 4.79 Å². The largest absolute Gasteiger partial charge is 0.493 e. The summed E-state index contributed by atoms with van der Waals surface area (Å²) in [6.07, 6.45) is 0.212. The van der Waals surface area contributed by atoms with E-state index in [0.29, 0.717) is 18.0 Å². The van der Waals surface area contributed by atoms with Gasteiger partial charge in [0.1, 0.15) is 10.8 Å². The van der Waals surface area contributed by atoms with Crippen LogP contribution in [0.3, 0.4) is 0 Å². The van der Waals surface area contributed by atoms with Crippen LogP contribution in [0.15, 0.2) is 47.8 Å². The lowest BCUT2D eigenvalue weighted by molar-refractivity contribution is -0.120. The average Bonchev–Trinajstić information content (AvgIpc) is 3.38. The summed E-state index contributed by atoms with van der Waals surface area (Å²) in [5.41, 5.74) is 3.48. The highest BCUT2D eigenvalue weighted by atomic mass is 32.1. The van der Waals surface area contributed by atoms with E-state index in [-0.39, 0.29) is 12.3 Å². The molecule has 4 aromatic rings. The van der Waals surface area contributed by atoms with Gasteiger partial charge in [-0.15, -0.1) is 11.3 Å². The van der Waals surface area contributed by atoms with Gasteiger partial charge in [-0.1, -0.05) is 12.1 Å². The van der Waals surface area contributed by atoms with Crippen molar-refractivity contribution < 1.29 is 14.3 Å². The molecule has 2 N–H and O–H groups in total. The Morgan fingerprint density at radius 3 is 2.72 bits per heavy atom. The molecule has 0 aliphatic rings. The number of amides is 1. The van der Waals surface area contributed by atoms with Crippen molar-refractivity contribution in [3.8, 4) is 22.1 Å². The molecule has 7 nitrogen and oxygen atoms in total. The van der Waals surface area contributed by atoms with Crippen molar-refractivity contribution in [1.29, 1.82) is 0 Å². The second-order valence-corrected chi connectivity index (χ2v) is 7.23. The number of ether oxygens (including phenoxy) is 2. The number of H-pyrrole nitrogens is 1. The molecule has 0 aliphatic heterocycles. The molecule has 148 valence electrons. The predicted octanol–water partition coefficient (Wildman–Crippen LogP) is 3.56. The fraction of sp³-hybridized carbons (Fsp3) is 0.190. The Morgan fingerprint density at radius 2 is 1.93 bits per heavy atom. The molecular formula is C21H20N4O3S. The van der Waals surface area contributed by atoms with Gasteiger partial charge in [-0.25, -0.2) is 9.97 Å². The van der Waals surface area contributed by atoms with Crippen molar-refractivity contribution in [1.82, 2.24) is 20.3 Å². The van der Waals surface area contributed by atoms with Crippen LogP contribution >= 0.6 is 11.3 Å². The summed E-state index contributed by atoms with van der Waals surface area (Å²) in [5, 5.41) is 5.61. The highest BCUT2D eigenvalue weighted by Crippen LogP contribution is 2.33. The quantitative estimate of drug-likeness (QED) is 0.488. The highest BCUT2D eigenvalue weighted by Gasteiger charge is 2.12. The minimum atomic E-state index is -0.102. The molecule has 0 bridgehead atoms. The minimum Gasteiger partial charge on any atom is -0.493 e. The Labute approximate surface area is 171 Å². The highest BCUT2D eigenvalue weighted by molar-refractivity contribution is 7.13. The molecule has 0 spiro atoms. The predicted molar refractivity (Wildman–Crippen MR) is 112 cm³/mol. The zero-order valence-electron chi connectivity index (χ0n) is 16.1. The van der Waals surface area contributed by atoms with Gasteiger partial charge in [0.15, 0.2) is 11.5 Å². The van der Waals surface area contributed by atoms with E-state index < -0.39 is 0 Å². The van der Waals surface area contributed by atoms with Crippen LogP contribution in [0.2, 0.25) is 0 Å². The van der Waals surface area contributed by atoms with Gasteiger partial charge in [0.25, 0.3) is 0 Å². The number of aromatic nitrogens is 3. The lowest BCUT2D eigenvalue weighted by Crippen LogP contribution is -2.25. The maximum atomic E-state index is 12.3. The van der Waals surface area contributed by atoms with Gasteiger partial charge in [0.2, 0.25) is 5.91 Å². The van der Waals surface area contributed by atoms with Crippen molar-refractivity contribution in [2.75, 3.05) is 14.2 Å². The lowest BCUT2D eigenvalue weighted by Gasteiger charge is -2.08. The molecule has 0 unspecified atom stereocenters. The Morgan fingerprint density at radius 1 is 1.10 bits per heavy atom. The van der Waals surface area contributed by atoms with Crippen LogP contribution in [-0.4, -0.2) is 35.1 Å². The molecule has 2 heterocycles. The zero-order chi connectivity index (χ0) is 20.2. The second-order valence-electron chi connectivity index (χ2n) is 6.37. The van der Waals surface area contributed by atoms with E-state index in [1.165, 1.54) is 11.3 Å². The SMILES string of the molecule is COc1ccc(-c2nc(CC(=O)NCc3nc4ccccc4[nH]3)cs2)cc1OC. The van der Waals surface area contributed by atoms with Crippen molar-refractivity contribution >= 4 is 28.3 Å². The molecule has 2 aromatic heterocycles. The number of nitrogens with one attached hydrogen (secondary N) is 2. The second kappa shape index (κ2) is 8.32. The summed E-state index contributed by atoms with van der Waals surface area (Å²) in [6, 6.07) is 13.4. The van der Waals surface area contributed by atoms with Crippen molar-refractivity contribution in [3.63, 3.8) is 0 Å². The van der Waals surface area contributed by atoms with Gasteiger partial charge in [0, 0.05) is 10.9 Å². The summed E-state index contributed by atoms with van der Waals surface area (Å²) in [6.45, 7) is 0.347. The van der Waals surface area contributed by atoms with Crippen LogP contribution in [0.25, 0.3) is 21.6 Å². The summed E-state index contributed by atoms with van der Waals surface area (Å²) in [5.74, 6) is 1.93. The van der Waals surface area contributed by atoms with Gasteiger partial charge in [-0.2, -0.15) is 0 Å². The van der Waals surface area contributed by atoms with Crippen LogP contribution in [0, 0.1) is 0 Å². The van der Waals surface area contributed by atoms with E-state index in [9.17, 15) is 4.79 Å². The number of carbonyl (C=O) groups excluding carboxylic acids is 1.